The van der Waals surface area contributed by atoms with Crippen LogP contribution in [0.3, 0.4) is 0 Å². The van der Waals surface area contributed by atoms with Crippen LogP contribution in [0, 0.1) is 0 Å². The molecule has 2 aliphatic rings. The standard InChI is InChI=1S/C39H41N7O4S/c1-49-22-23-50-32-11-8-29(9-12-32)36-33-24-31(10-13-34(33)43-44-36)42-38(48)39(51-2)16-21-45(26-39)25-35(47)46-19-14-28(15-20-46)27-4-6-30(7-5-27)37-40-17-3-18-41-37/h3-14,17-18,24H,15-16,19-23,25-26H2,1-2H3,(H,42,48)(H,43,44)/t39-/m0/s1. The monoisotopic (exact) mass is 703 g/mol. The van der Waals surface area contributed by atoms with Gasteiger partial charge in [-0.15, -0.1) is 11.8 Å². The maximum atomic E-state index is 13.8. The van der Waals surface area contributed by atoms with Gasteiger partial charge in [-0.3, -0.25) is 19.6 Å². The molecular weight excluding hydrogens is 663 g/mol. The van der Waals surface area contributed by atoms with Crippen molar-refractivity contribution in [3.8, 4) is 28.4 Å². The molecule has 2 N–H and O–H groups in total. The number of anilines is 1. The number of fused-ring (bicyclic) bond motifs is 1. The smallest absolute Gasteiger partial charge is 0.241 e. The van der Waals surface area contributed by atoms with E-state index in [2.05, 4.69) is 48.6 Å². The SMILES string of the molecule is COCCOc1ccc(-c2n[nH]c3ccc(NC(=O)[C@]4(SC)CCN(CC(=O)N5CC=C(c6ccc(-c7ncccn7)cc6)CC5)C4)cc23)cc1. The van der Waals surface area contributed by atoms with Gasteiger partial charge in [-0.1, -0.05) is 30.3 Å². The number of methoxy groups -OCH3 is 1. The van der Waals surface area contributed by atoms with Crippen LogP contribution in [0.4, 0.5) is 5.69 Å². The van der Waals surface area contributed by atoms with E-state index in [0.29, 0.717) is 63.9 Å². The number of rotatable bonds is 12. The van der Waals surface area contributed by atoms with Gasteiger partial charge < -0.3 is 19.7 Å². The van der Waals surface area contributed by atoms with Crippen molar-refractivity contribution < 1.29 is 19.1 Å². The summed E-state index contributed by atoms with van der Waals surface area (Å²) in [6.45, 7) is 3.74. The number of aromatic amines is 1. The second kappa shape index (κ2) is 15.5. The second-order valence-corrected chi connectivity index (χ2v) is 14.0. The Balaban J connectivity index is 0.947. The molecule has 1 atom stereocenters. The molecule has 11 nitrogen and oxygen atoms in total. The van der Waals surface area contributed by atoms with Gasteiger partial charge in [0.15, 0.2) is 5.82 Å². The average Bonchev–Trinajstić information content (AvgIpc) is 3.80. The molecule has 51 heavy (non-hydrogen) atoms. The van der Waals surface area contributed by atoms with E-state index >= 15 is 0 Å². The summed E-state index contributed by atoms with van der Waals surface area (Å²) in [5.74, 6) is 1.50. The first-order valence-electron chi connectivity index (χ1n) is 17.1. The molecule has 2 aliphatic heterocycles. The molecule has 1 saturated heterocycles. The lowest BCUT2D eigenvalue weighted by Crippen LogP contribution is -2.45. The number of nitrogens with zero attached hydrogens (tertiary/aromatic N) is 5. The largest absolute Gasteiger partial charge is 0.491 e. The minimum atomic E-state index is -0.654. The molecule has 0 bridgehead atoms. The fraction of sp³-hybridized carbons (Fsp3) is 0.308. The molecule has 5 aromatic rings. The van der Waals surface area contributed by atoms with Gasteiger partial charge in [0.05, 0.1) is 24.4 Å². The van der Waals surface area contributed by atoms with Gasteiger partial charge in [-0.05, 0) is 78.8 Å². The molecule has 0 aliphatic carbocycles. The van der Waals surface area contributed by atoms with Crippen molar-refractivity contribution >= 4 is 45.7 Å². The van der Waals surface area contributed by atoms with Crippen molar-refractivity contribution in [2.75, 3.05) is 64.6 Å². The average molecular weight is 704 g/mol. The Morgan fingerprint density at radius 1 is 0.961 bits per heavy atom. The Morgan fingerprint density at radius 3 is 2.45 bits per heavy atom. The topological polar surface area (TPSA) is 126 Å². The number of thioether (sulfide) groups is 1. The van der Waals surface area contributed by atoms with Crippen LogP contribution >= 0.6 is 11.8 Å². The molecule has 0 saturated carbocycles. The first-order valence-corrected chi connectivity index (χ1v) is 18.3. The maximum absolute atomic E-state index is 13.8. The number of nitrogens with one attached hydrogen (secondary N) is 2. The summed E-state index contributed by atoms with van der Waals surface area (Å²) in [4.78, 5) is 39.9. The third-order valence-electron chi connectivity index (χ3n) is 9.62. The van der Waals surface area contributed by atoms with Crippen LogP contribution in [0.2, 0.25) is 0 Å². The third-order valence-corrected chi connectivity index (χ3v) is 10.9. The lowest BCUT2D eigenvalue weighted by Gasteiger charge is -2.29. The molecule has 12 heteroatoms. The van der Waals surface area contributed by atoms with Gasteiger partial charge in [0.1, 0.15) is 17.1 Å². The van der Waals surface area contributed by atoms with Crippen molar-refractivity contribution in [2.24, 2.45) is 0 Å². The van der Waals surface area contributed by atoms with Gasteiger partial charge >= 0.3 is 0 Å². The number of amides is 2. The molecule has 0 radical (unpaired) electrons. The molecule has 0 spiro atoms. The molecule has 3 aromatic carbocycles. The second-order valence-electron chi connectivity index (χ2n) is 12.8. The van der Waals surface area contributed by atoms with Crippen molar-refractivity contribution in [1.29, 1.82) is 0 Å². The van der Waals surface area contributed by atoms with E-state index in [4.69, 9.17) is 9.47 Å². The van der Waals surface area contributed by atoms with Crippen LogP contribution in [-0.4, -0.2) is 106 Å². The van der Waals surface area contributed by atoms with Crippen LogP contribution in [-0.2, 0) is 14.3 Å². The van der Waals surface area contributed by atoms with Crippen LogP contribution in [0.1, 0.15) is 18.4 Å². The molecule has 7 rings (SSSR count). The molecule has 4 heterocycles. The van der Waals surface area contributed by atoms with Crippen molar-refractivity contribution in [3.05, 3.63) is 96.8 Å². The molecule has 1 fully saturated rings. The first-order chi connectivity index (χ1) is 24.9. The number of carbonyl (C=O) groups is 2. The third kappa shape index (κ3) is 7.68. The van der Waals surface area contributed by atoms with E-state index in [1.807, 2.05) is 65.8 Å². The number of likely N-dealkylation sites (tertiary alicyclic amines) is 1. The van der Waals surface area contributed by atoms with Crippen molar-refractivity contribution in [3.63, 3.8) is 0 Å². The number of benzene rings is 3. The summed E-state index contributed by atoms with van der Waals surface area (Å²) in [5, 5.41) is 11.7. The van der Waals surface area contributed by atoms with E-state index in [1.54, 1.807) is 37.3 Å². The fourth-order valence-corrected chi connectivity index (χ4v) is 7.52. The van der Waals surface area contributed by atoms with Crippen LogP contribution in [0.25, 0.3) is 39.1 Å². The summed E-state index contributed by atoms with van der Waals surface area (Å²) < 4.78 is 10.1. The number of hydrogen-bond acceptors (Lipinski definition) is 9. The molecule has 2 aromatic heterocycles. The summed E-state index contributed by atoms with van der Waals surface area (Å²) in [7, 11) is 1.65. The zero-order valence-electron chi connectivity index (χ0n) is 28.8. The lowest BCUT2D eigenvalue weighted by molar-refractivity contribution is -0.132. The Morgan fingerprint density at radius 2 is 1.73 bits per heavy atom. The zero-order chi connectivity index (χ0) is 35.2. The van der Waals surface area contributed by atoms with Crippen LogP contribution in [0.5, 0.6) is 5.75 Å². The lowest BCUT2D eigenvalue weighted by atomic mass is 9.98. The minimum Gasteiger partial charge on any atom is -0.491 e. The Labute approximate surface area is 301 Å². The Kier molecular flexibility index (Phi) is 10.4. The molecular formula is C39H41N7O4S. The van der Waals surface area contributed by atoms with Gasteiger partial charge in [0.2, 0.25) is 11.8 Å². The van der Waals surface area contributed by atoms with Crippen molar-refractivity contribution in [1.82, 2.24) is 30.0 Å². The number of hydrogen-bond donors (Lipinski definition) is 2. The highest BCUT2D eigenvalue weighted by atomic mass is 32.2. The number of ether oxygens (including phenoxy) is 2. The van der Waals surface area contributed by atoms with Crippen molar-refractivity contribution in [2.45, 2.75) is 17.6 Å². The number of H-pyrrole nitrogens is 1. The van der Waals surface area contributed by atoms with Gasteiger partial charge in [0.25, 0.3) is 0 Å². The highest BCUT2D eigenvalue weighted by Crippen LogP contribution is 2.36. The summed E-state index contributed by atoms with van der Waals surface area (Å²) >= 11 is 1.55. The van der Waals surface area contributed by atoms with E-state index in [0.717, 1.165) is 45.5 Å². The van der Waals surface area contributed by atoms with Gasteiger partial charge in [0, 0.05) is 67.9 Å². The highest BCUT2D eigenvalue weighted by molar-refractivity contribution is 8.00. The quantitative estimate of drug-likeness (QED) is 0.156. The van der Waals surface area contributed by atoms with E-state index in [1.165, 1.54) is 5.57 Å². The predicted octanol–water partition coefficient (Wildman–Crippen LogP) is 5.77. The van der Waals surface area contributed by atoms with Crippen LogP contribution in [0.15, 0.2) is 91.3 Å². The number of carbonyl (C=O) groups excluding carboxylic acids is 2. The van der Waals surface area contributed by atoms with Crippen LogP contribution < -0.4 is 10.1 Å². The zero-order valence-corrected chi connectivity index (χ0v) is 29.6. The Bertz CT molecular complexity index is 2020. The molecule has 0 unspecified atom stereocenters. The van der Waals surface area contributed by atoms with E-state index in [9.17, 15) is 9.59 Å². The van der Waals surface area contributed by atoms with Gasteiger partial charge in [-0.25, -0.2) is 9.97 Å². The molecule has 2 amide bonds. The van der Waals surface area contributed by atoms with E-state index in [-0.39, 0.29) is 11.8 Å². The Hall–Kier alpha value is -5.04. The molecule has 262 valence electrons. The fourth-order valence-electron chi connectivity index (χ4n) is 6.68. The minimum absolute atomic E-state index is 0.0534. The summed E-state index contributed by atoms with van der Waals surface area (Å²) in [6, 6.07) is 23.6. The first kappa shape index (κ1) is 34.4. The summed E-state index contributed by atoms with van der Waals surface area (Å²) in [6.07, 6.45) is 9.06. The number of aromatic nitrogens is 4. The normalized spacial score (nSPS) is 17.8. The highest BCUT2D eigenvalue weighted by Gasteiger charge is 2.44. The van der Waals surface area contributed by atoms with E-state index < -0.39 is 4.75 Å². The summed E-state index contributed by atoms with van der Waals surface area (Å²) in [5.41, 5.74) is 6.68. The van der Waals surface area contributed by atoms with Gasteiger partial charge in [-0.2, -0.15) is 5.10 Å². The maximum Gasteiger partial charge on any atom is 0.241 e. The predicted molar refractivity (Wildman–Crippen MR) is 201 cm³/mol.